The lowest BCUT2D eigenvalue weighted by molar-refractivity contribution is -0.138. The van der Waals surface area contributed by atoms with E-state index in [-0.39, 0.29) is 6.42 Å². The standard InChI is InChI=1S/C9H15NO4/c1-14-8(13)10-9(6-7(11)12)4-2-3-5-9/h2-6H2,1H3,(H,10,13)(H,11,12). The van der Waals surface area contributed by atoms with E-state index in [1.165, 1.54) is 7.11 Å². The predicted molar refractivity (Wildman–Crippen MR) is 49.0 cm³/mol. The fraction of sp³-hybridized carbons (Fsp3) is 0.778. The molecular weight excluding hydrogens is 186 g/mol. The zero-order valence-electron chi connectivity index (χ0n) is 8.21. The van der Waals surface area contributed by atoms with Crippen LogP contribution in [0.2, 0.25) is 0 Å². The lowest BCUT2D eigenvalue weighted by atomic mass is 9.93. The number of ether oxygens (including phenoxy) is 1. The number of hydrogen-bond donors (Lipinski definition) is 2. The van der Waals surface area contributed by atoms with Crippen LogP contribution in [0.15, 0.2) is 0 Å². The van der Waals surface area contributed by atoms with Gasteiger partial charge in [-0.25, -0.2) is 4.79 Å². The highest BCUT2D eigenvalue weighted by Crippen LogP contribution is 2.32. The van der Waals surface area contributed by atoms with Gasteiger partial charge in [-0.05, 0) is 12.8 Å². The Morgan fingerprint density at radius 2 is 2.00 bits per heavy atom. The topological polar surface area (TPSA) is 75.6 Å². The number of rotatable bonds is 3. The third-order valence-corrected chi connectivity index (χ3v) is 2.60. The van der Waals surface area contributed by atoms with E-state index in [2.05, 4.69) is 10.1 Å². The maximum atomic E-state index is 11.0. The highest BCUT2D eigenvalue weighted by Gasteiger charge is 2.37. The fourth-order valence-electron chi connectivity index (χ4n) is 1.95. The van der Waals surface area contributed by atoms with Crippen molar-refractivity contribution in [2.45, 2.75) is 37.6 Å². The van der Waals surface area contributed by atoms with Crippen molar-refractivity contribution in [3.05, 3.63) is 0 Å². The van der Waals surface area contributed by atoms with Crippen LogP contribution in [0.5, 0.6) is 0 Å². The summed E-state index contributed by atoms with van der Waals surface area (Å²) in [5.74, 6) is -0.886. The first-order valence-electron chi connectivity index (χ1n) is 4.66. The Morgan fingerprint density at radius 1 is 1.43 bits per heavy atom. The second-order valence-corrected chi connectivity index (χ2v) is 3.67. The molecule has 0 aromatic rings. The molecule has 2 N–H and O–H groups in total. The summed E-state index contributed by atoms with van der Waals surface area (Å²) in [5, 5.41) is 11.4. The average molecular weight is 201 g/mol. The molecular formula is C9H15NO4. The minimum atomic E-state index is -0.886. The third kappa shape index (κ3) is 2.61. The summed E-state index contributed by atoms with van der Waals surface area (Å²) in [6.07, 6.45) is 2.77. The number of nitrogens with one attached hydrogen (secondary N) is 1. The molecule has 5 nitrogen and oxygen atoms in total. The van der Waals surface area contributed by atoms with Gasteiger partial charge >= 0.3 is 12.1 Å². The summed E-state index contributed by atoms with van der Waals surface area (Å²) in [6.45, 7) is 0. The number of carboxylic acids is 1. The Hall–Kier alpha value is -1.26. The van der Waals surface area contributed by atoms with Gasteiger partial charge in [0.25, 0.3) is 0 Å². The molecule has 0 heterocycles. The second kappa shape index (κ2) is 4.30. The largest absolute Gasteiger partial charge is 0.481 e. The first kappa shape index (κ1) is 10.8. The molecule has 0 bridgehead atoms. The van der Waals surface area contributed by atoms with Crippen LogP contribution in [-0.2, 0) is 9.53 Å². The Labute approximate surface area is 82.4 Å². The van der Waals surface area contributed by atoms with Crippen LogP contribution < -0.4 is 5.32 Å². The molecule has 0 saturated heterocycles. The van der Waals surface area contributed by atoms with E-state index in [1.807, 2.05) is 0 Å². The van der Waals surface area contributed by atoms with Gasteiger partial charge in [0.1, 0.15) is 0 Å². The van der Waals surface area contributed by atoms with Crippen molar-refractivity contribution < 1.29 is 19.4 Å². The maximum Gasteiger partial charge on any atom is 0.407 e. The van der Waals surface area contributed by atoms with Gasteiger partial charge in [0.2, 0.25) is 0 Å². The molecule has 14 heavy (non-hydrogen) atoms. The van der Waals surface area contributed by atoms with Crippen LogP contribution in [0, 0.1) is 0 Å². The van der Waals surface area contributed by atoms with Gasteiger partial charge in [-0.2, -0.15) is 0 Å². The zero-order valence-corrected chi connectivity index (χ0v) is 8.21. The van der Waals surface area contributed by atoms with E-state index in [9.17, 15) is 9.59 Å². The molecule has 0 aromatic carbocycles. The Balaban J connectivity index is 2.61. The Kier molecular flexibility index (Phi) is 3.33. The number of amides is 1. The van der Waals surface area contributed by atoms with Gasteiger partial charge in [0.15, 0.2) is 0 Å². The number of carboxylic acid groups (broad SMARTS) is 1. The maximum absolute atomic E-state index is 11.0. The first-order valence-corrected chi connectivity index (χ1v) is 4.66. The van der Waals surface area contributed by atoms with Crippen LogP contribution >= 0.6 is 0 Å². The molecule has 80 valence electrons. The van der Waals surface area contributed by atoms with Crippen LogP contribution in [0.3, 0.4) is 0 Å². The molecule has 0 spiro atoms. The molecule has 0 unspecified atom stereocenters. The van der Waals surface area contributed by atoms with Crippen molar-refractivity contribution in [1.29, 1.82) is 0 Å². The molecule has 1 saturated carbocycles. The summed E-state index contributed by atoms with van der Waals surface area (Å²) in [7, 11) is 1.28. The first-order chi connectivity index (χ1) is 6.58. The van der Waals surface area contributed by atoms with E-state index < -0.39 is 17.6 Å². The molecule has 5 heteroatoms. The van der Waals surface area contributed by atoms with E-state index >= 15 is 0 Å². The number of alkyl carbamates (subject to hydrolysis) is 1. The van der Waals surface area contributed by atoms with Crippen LogP contribution in [0.4, 0.5) is 4.79 Å². The smallest absolute Gasteiger partial charge is 0.407 e. The minimum absolute atomic E-state index is 0.0257. The Morgan fingerprint density at radius 3 is 2.43 bits per heavy atom. The van der Waals surface area contributed by atoms with E-state index in [1.54, 1.807) is 0 Å². The number of carbonyl (C=O) groups is 2. The van der Waals surface area contributed by atoms with Crippen molar-refractivity contribution in [3.63, 3.8) is 0 Å². The molecule has 0 atom stereocenters. The van der Waals surface area contributed by atoms with Gasteiger partial charge in [-0.15, -0.1) is 0 Å². The lowest BCUT2D eigenvalue weighted by Crippen LogP contribution is -2.47. The highest BCUT2D eigenvalue weighted by atomic mass is 16.5. The number of hydrogen-bond acceptors (Lipinski definition) is 3. The van der Waals surface area contributed by atoms with Gasteiger partial charge in [-0.1, -0.05) is 12.8 Å². The number of methoxy groups -OCH3 is 1. The van der Waals surface area contributed by atoms with Gasteiger partial charge in [0, 0.05) is 0 Å². The summed E-state index contributed by atoms with van der Waals surface area (Å²) >= 11 is 0. The van der Waals surface area contributed by atoms with Gasteiger partial charge < -0.3 is 15.2 Å². The molecule has 1 rings (SSSR count). The van der Waals surface area contributed by atoms with E-state index in [4.69, 9.17) is 5.11 Å². The third-order valence-electron chi connectivity index (χ3n) is 2.60. The molecule has 1 amide bonds. The minimum Gasteiger partial charge on any atom is -0.481 e. The molecule has 0 aromatic heterocycles. The number of carbonyl (C=O) groups excluding carboxylic acids is 1. The molecule has 0 aliphatic heterocycles. The molecule has 0 radical (unpaired) electrons. The number of aliphatic carboxylic acids is 1. The highest BCUT2D eigenvalue weighted by molar-refractivity contribution is 5.72. The normalized spacial score (nSPS) is 18.9. The SMILES string of the molecule is COC(=O)NC1(CC(=O)O)CCCC1. The summed E-state index contributed by atoms with van der Waals surface area (Å²) in [6, 6.07) is 0. The van der Waals surface area contributed by atoms with Gasteiger partial charge in [0.05, 0.1) is 19.1 Å². The summed E-state index contributed by atoms with van der Waals surface area (Å²) < 4.78 is 4.48. The summed E-state index contributed by atoms with van der Waals surface area (Å²) in [5.41, 5.74) is -0.584. The zero-order chi connectivity index (χ0) is 10.6. The Bertz CT molecular complexity index is 233. The fourth-order valence-corrected chi connectivity index (χ4v) is 1.95. The molecule has 1 fully saturated rings. The van der Waals surface area contributed by atoms with Crippen LogP contribution in [-0.4, -0.2) is 29.8 Å². The quantitative estimate of drug-likeness (QED) is 0.717. The lowest BCUT2D eigenvalue weighted by Gasteiger charge is -2.27. The van der Waals surface area contributed by atoms with Crippen LogP contribution in [0.25, 0.3) is 0 Å². The van der Waals surface area contributed by atoms with Crippen molar-refractivity contribution in [1.82, 2.24) is 5.32 Å². The molecule has 1 aliphatic rings. The average Bonchev–Trinajstić information content (AvgIpc) is 2.51. The van der Waals surface area contributed by atoms with E-state index in [0.717, 1.165) is 12.8 Å². The summed E-state index contributed by atoms with van der Waals surface area (Å²) in [4.78, 5) is 21.7. The van der Waals surface area contributed by atoms with Crippen molar-refractivity contribution in [2.75, 3.05) is 7.11 Å². The molecule has 1 aliphatic carbocycles. The van der Waals surface area contributed by atoms with Crippen LogP contribution in [0.1, 0.15) is 32.1 Å². The van der Waals surface area contributed by atoms with Gasteiger partial charge in [-0.3, -0.25) is 4.79 Å². The van der Waals surface area contributed by atoms with Crippen molar-refractivity contribution in [3.8, 4) is 0 Å². The second-order valence-electron chi connectivity index (χ2n) is 3.67. The van der Waals surface area contributed by atoms with Crippen molar-refractivity contribution in [2.24, 2.45) is 0 Å². The van der Waals surface area contributed by atoms with Crippen molar-refractivity contribution >= 4 is 12.1 Å². The predicted octanol–water partition coefficient (Wildman–Crippen LogP) is 1.13. The monoisotopic (exact) mass is 201 g/mol. The van der Waals surface area contributed by atoms with E-state index in [0.29, 0.717) is 12.8 Å².